The van der Waals surface area contributed by atoms with Gasteiger partial charge >= 0.3 is 6.18 Å². The number of unbranched alkanes of at least 4 members (excludes halogenated alkanes) is 1. The highest BCUT2D eigenvalue weighted by Gasteiger charge is 2.30. The Labute approximate surface area is 269 Å². The summed E-state index contributed by atoms with van der Waals surface area (Å²) in [6.45, 7) is 3.92. The number of aryl methyl sites for hydroxylation is 1. The molecule has 5 rings (SSSR count). The highest BCUT2D eigenvalue weighted by molar-refractivity contribution is 5.95. The Morgan fingerprint density at radius 2 is 1.70 bits per heavy atom. The molecule has 3 aromatic carbocycles. The average molecular weight is 639 g/mol. The molecule has 2 aliphatic rings. The minimum atomic E-state index is -4.42. The van der Waals surface area contributed by atoms with Gasteiger partial charge in [-0.2, -0.15) is 13.2 Å². The largest absolute Gasteiger partial charge is 0.493 e. The number of likely N-dealkylation sites (tertiary alicyclic amines) is 1. The number of aliphatic hydroxyl groups is 2. The number of carbonyl (C=O) groups is 1. The number of alkyl halides is 3. The van der Waals surface area contributed by atoms with Crippen molar-refractivity contribution in [2.75, 3.05) is 39.4 Å². The summed E-state index contributed by atoms with van der Waals surface area (Å²) in [5.41, 5.74) is 5.42. The monoisotopic (exact) mass is 638 g/mol. The third kappa shape index (κ3) is 8.49. The number of carbonyl (C=O) groups excluding carboxylic acids is 1. The van der Waals surface area contributed by atoms with Crippen molar-refractivity contribution in [1.82, 2.24) is 10.2 Å². The van der Waals surface area contributed by atoms with Gasteiger partial charge in [-0.3, -0.25) is 4.79 Å². The molecule has 1 heterocycles. The van der Waals surface area contributed by atoms with Crippen LogP contribution >= 0.6 is 0 Å². The van der Waals surface area contributed by atoms with Crippen LogP contribution in [0, 0.1) is 0 Å². The van der Waals surface area contributed by atoms with Gasteiger partial charge in [-0.25, -0.2) is 0 Å². The predicted octanol–water partition coefficient (Wildman–Crippen LogP) is 6.89. The van der Waals surface area contributed by atoms with E-state index in [1.165, 1.54) is 41.7 Å². The number of fused-ring (bicyclic) bond motifs is 1. The number of hydrogen-bond donors (Lipinski definition) is 3. The van der Waals surface area contributed by atoms with Crippen molar-refractivity contribution in [3.8, 4) is 16.9 Å². The minimum Gasteiger partial charge on any atom is -0.493 e. The number of aliphatic hydroxyl groups excluding tert-OH is 2. The molecular weight excluding hydrogens is 593 g/mol. The molecule has 3 aromatic rings. The van der Waals surface area contributed by atoms with E-state index in [1.807, 2.05) is 0 Å². The van der Waals surface area contributed by atoms with Crippen LogP contribution < -0.4 is 10.1 Å². The molecule has 1 saturated heterocycles. The Bertz CT molecular complexity index is 1450. The smallest absolute Gasteiger partial charge is 0.416 e. The van der Waals surface area contributed by atoms with Crippen molar-refractivity contribution in [3.63, 3.8) is 0 Å². The molecule has 0 radical (unpaired) electrons. The summed E-state index contributed by atoms with van der Waals surface area (Å²) in [6.07, 6.45) is 4.83. The second kappa shape index (κ2) is 15.9. The van der Waals surface area contributed by atoms with Gasteiger partial charge in [-0.1, -0.05) is 30.3 Å². The van der Waals surface area contributed by atoms with Crippen LogP contribution in [-0.4, -0.2) is 60.4 Å². The van der Waals surface area contributed by atoms with E-state index in [0.717, 1.165) is 76.0 Å². The first kappa shape index (κ1) is 33.9. The Kier molecular flexibility index (Phi) is 11.8. The van der Waals surface area contributed by atoms with E-state index < -0.39 is 11.7 Å². The highest BCUT2D eigenvalue weighted by atomic mass is 19.4. The van der Waals surface area contributed by atoms with Gasteiger partial charge in [0.05, 0.1) is 18.8 Å². The Balaban J connectivity index is 1.07. The SMILES string of the molecule is O=C(NCCCCN1CCC(c2ccc3c(c2OCCCO)CCCC3)CC1)c1ccc(-c2ccc(C(F)(F)F)cc2)c(CO)c1. The zero-order valence-corrected chi connectivity index (χ0v) is 26.4. The lowest BCUT2D eigenvalue weighted by Crippen LogP contribution is -2.34. The molecule has 0 atom stereocenters. The zero-order valence-electron chi connectivity index (χ0n) is 26.4. The summed E-state index contributed by atoms with van der Waals surface area (Å²) in [5.74, 6) is 1.32. The van der Waals surface area contributed by atoms with Gasteiger partial charge in [0.15, 0.2) is 0 Å². The van der Waals surface area contributed by atoms with Gasteiger partial charge in [0.25, 0.3) is 5.91 Å². The van der Waals surface area contributed by atoms with Crippen molar-refractivity contribution in [2.45, 2.75) is 76.5 Å². The van der Waals surface area contributed by atoms with E-state index in [9.17, 15) is 28.2 Å². The second-order valence-corrected chi connectivity index (χ2v) is 12.4. The summed E-state index contributed by atoms with van der Waals surface area (Å²) in [7, 11) is 0. The van der Waals surface area contributed by atoms with E-state index in [0.29, 0.717) is 47.7 Å². The Morgan fingerprint density at radius 1 is 0.935 bits per heavy atom. The molecule has 1 amide bonds. The molecule has 0 saturated carbocycles. The van der Waals surface area contributed by atoms with Crippen molar-refractivity contribution in [1.29, 1.82) is 0 Å². The van der Waals surface area contributed by atoms with Crippen LogP contribution in [0.3, 0.4) is 0 Å². The molecule has 46 heavy (non-hydrogen) atoms. The number of amides is 1. The standard InChI is InChI=1S/C37H45F3N2O4/c38-37(39,40)31-12-8-27(9-13-31)32-14-11-29(24-30(32)25-44)36(45)41-18-3-4-19-42-20-16-28(17-21-42)34-15-10-26-6-1-2-7-33(26)35(34)46-23-5-22-43/h8-15,24,28,43-44H,1-7,16-23,25H2,(H,41,45). The van der Waals surface area contributed by atoms with Crippen LogP contribution in [0.25, 0.3) is 11.1 Å². The summed E-state index contributed by atoms with van der Waals surface area (Å²) in [5, 5.41) is 22.1. The van der Waals surface area contributed by atoms with Gasteiger partial charge < -0.3 is 25.2 Å². The van der Waals surface area contributed by atoms with E-state index >= 15 is 0 Å². The quantitative estimate of drug-likeness (QED) is 0.178. The van der Waals surface area contributed by atoms with Crippen molar-refractivity contribution in [3.05, 3.63) is 88.0 Å². The fraction of sp³-hybridized carbons (Fsp3) is 0.486. The summed E-state index contributed by atoms with van der Waals surface area (Å²) >= 11 is 0. The van der Waals surface area contributed by atoms with Crippen LogP contribution in [0.15, 0.2) is 54.6 Å². The normalized spacial score (nSPS) is 15.8. The van der Waals surface area contributed by atoms with Crippen molar-refractivity contribution < 1.29 is 32.9 Å². The molecule has 1 aliphatic heterocycles. The number of piperidine rings is 1. The predicted molar refractivity (Wildman–Crippen MR) is 173 cm³/mol. The summed E-state index contributed by atoms with van der Waals surface area (Å²) in [4.78, 5) is 15.3. The molecule has 1 aliphatic carbocycles. The van der Waals surface area contributed by atoms with Gasteiger partial charge in [0.1, 0.15) is 5.75 Å². The number of nitrogens with one attached hydrogen (secondary N) is 1. The third-order valence-corrected chi connectivity index (χ3v) is 9.33. The molecule has 0 unspecified atom stereocenters. The van der Waals surface area contributed by atoms with Crippen molar-refractivity contribution in [2.24, 2.45) is 0 Å². The fourth-order valence-electron chi connectivity index (χ4n) is 6.76. The molecule has 3 N–H and O–H groups in total. The fourth-order valence-corrected chi connectivity index (χ4v) is 6.76. The Hall–Kier alpha value is -3.40. The minimum absolute atomic E-state index is 0.138. The molecule has 248 valence electrons. The van der Waals surface area contributed by atoms with Crippen LogP contribution in [0.1, 0.15) is 89.0 Å². The maximum absolute atomic E-state index is 12.9. The Morgan fingerprint density at radius 3 is 2.41 bits per heavy atom. The van der Waals surface area contributed by atoms with Gasteiger partial charge in [0, 0.05) is 25.1 Å². The lowest BCUT2D eigenvalue weighted by molar-refractivity contribution is -0.137. The molecule has 0 spiro atoms. The van der Waals surface area contributed by atoms with Gasteiger partial charge in [-0.05, 0) is 135 Å². The topological polar surface area (TPSA) is 82.0 Å². The van der Waals surface area contributed by atoms with Gasteiger partial charge in [-0.15, -0.1) is 0 Å². The first-order valence-corrected chi connectivity index (χ1v) is 16.6. The second-order valence-electron chi connectivity index (χ2n) is 12.4. The number of halogens is 3. The maximum Gasteiger partial charge on any atom is 0.416 e. The highest BCUT2D eigenvalue weighted by Crippen LogP contribution is 2.40. The van der Waals surface area contributed by atoms with Crippen LogP contribution in [0.5, 0.6) is 5.75 Å². The van der Waals surface area contributed by atoms with Crippen LogP contribution in [-0.2, 0) is 25.6 Å². The molecular formula is C37H45F3N2O4. The first-order chi connectivity index (χ1) is 22.3. The van der Waals surface area contributed by atoms with Crippen LogP contribution in [0.4, 0.5) is 13.2 Å². The molecule has 0 bridgehead atoms. The summed E-state index contributed by atoms with van der Waals surface area (Å²) < 4.78 is 45.1. The maximum atomic E-state index is 12.9. The van der Waals surface area contributed by atoms with E-state index in [1.54, 1.807) is 18.2 Å². The first-order valence-electron chi connectivity index (χ1n) is 16.6. The molecule has 6 nitrogen and oxygen atoms in total. The number of rotatable bonds is 13. The molecule has 0 aromatic heterocycles. The number of hydrogen-bond acceptors (Lipinski definition) is 5. The number of benzene rings is 3. The molecule has 1 fully saturated rings. The van der Waals surface area contributed by atoms with Gasteiger partial charge in [0.2, 0.25) is 0 Å². The third-order valence-electron chi connectivity index (χ3n) is 9.33. The lowest BCUT2D eigenvalue weighted by Gasteiger charge is -2.34. The number of ether oxygens (including phenoxy) is 1. The van der Waals surface area contributed by atoms with Crippen molar-refractivity contribution >= 4 is 5.91 Å². The van der Waals surface area contributed by atoms with E-state index in [2.05, 4.69) is 22.3 Å². The lowest BCUT2D eigenvalue weighted by atomic mass is 9.83. The zero-order chi connectivity index (χ0) is 32.5. The van der Waals surface area contributed by atoms with Crippen LogP contribution in [0.2, 0.25) is 0 Å². The number of nitrogens with zero attached hydrogens (tertiary/aromatic N) is 1. The average Bonchev–Trinajstić information content (AvgIpc) is 3.08. The van der Waals surface area contributed by atoms with E-state index in [-0.39, 0.29) is 19.1 Å². The molecule has 9 heteroatoms. The summed E-state index contributed by atoms with van der Waals surface area (Å²) in [6, 6.07) is 14.3. The van der Waals surface area contributed by atoms with E-state index in [4.69, 9.17) is 4.74 Å².